The van der Waals surface area contributed by atoms with Crippen molar-refractivity contribution in [2.45, 2.75) is 38.5 Å². The zero-order valence-electron chi connectivity index (χ0n) is 19.6. The number of hydrogen-bond donors (Lipinski definition) is 1. The van der Waals surface area contributed by atoms with Gasteiger partial charge in [-0.05, 0) is 18.4 Å². The molecule has 1 aromatic rings. The molecular weight excluding hydrogens is 573 g/mol. The summed E-state index contributed by atoms with van der Waals surface area (Å²) in [4.78, 5) is 58.1. The van der Waals surface area contributed by atoms with E-state index < -0.39 is 24.2 Å². The molecule has 1 fully saturated rings. The molecule has 1 unspecified atom stereocenters. The van der Waals surface area contributed by atoms with Crippen molar-refractivity contribution < 1.29 is 145 Å². The van der Waals surface area contributed by atoms with Gasteiger partial charge in [-0.25, -0.2) is 0 Å². The third-order valence-electron chi connectivity index (χ3n) is 4.82. The van der Waals surface area contributed by atoms with Crippen LogP contribution >= 0.6 is 0 Å². The van der Waals surface area contributed by atoms with Crippen LogP contribution in [0, 0.1) is 5.92 Å². The van der Waals surface area contributed by atoms with E-state index in [1.54, 1.807) is 31.3 Å². The first-order valence-corrected chi connectivity index (χ1v) is 10.3. The van der Waals surface area contributed by atoms with Gasteiger partial charge >= 0.3 is 116 Å². The quantitative estimate of drug-likeness (QED) is 0.182. The third kappa shape index (κ3) is 13.4. The van der Waals surface area contributed by atoms with Crippen LogP contribution in [0.2, 0.25) is 0 Å². The van der Waals surface area contributed by atoms with Crippen molar-refractivity contribution in [3.8, 4) is 0 Å². The van der Waals surface area contributed by atoms with Crippen LogP contribution in [-0.4, -0.2) is 56.1 Å². The Morgan fingerprint density at radius 2 is 1.76 bits per heavy atom. The molecule has 9 nitrogen and oxygen atoms in total. The van der Waals surface area contributed by atoms with Gasteiger partial charge in [0.2, 0.25) is 5.91 Å². The minimum Gasteiger partial charge on any atom is -0.651 e. The number of benzene rings is 1. The topological polar surface area (TPSA) is 135 Å². The maximum atomic E-state index is 12.0. The van der Waals surface area contributed by atoms with Crippen LogP contribution in [0.3, 0.4) is 0 Å². The first-order chi connectivity index (χ1) is 14.9. The molecule has 1 atom stereocenters. The average molecular weight is 600 g/mol. The number of ether oxygens (including phenoxy) is 1. The van der Waals surface area contributed by atoms with E-state index in [0.29, 0.717) is 38.0 Å². The molecule has 0 heterocycles. The van der Waals surface area contributed by atoms with Gasteiger partial charge in [0.15, 0.2) is 0 Å². The monoisotopic (exact) mass is 599 g/mol. The standard InChI is InChI=1S/C22H29N3O6.2Rb/c1-23-20(28)3-2-11-31-12-10-24-21(29)14-22(30)25-16-6-4-15(5-7-16)13-19(27)17-8-9-18(17)26;;/h4-7,17H,2-3,8-14H2,1H3,(H3,23,24,25,28,29,30);;/q;2*+1/p-2. The molecule has 11 heteroatoms. The van der Waals surface area contributed by atoms with Crippen LogP contribution in [0.4, 0.5) is 5.69 Å². The van der Waals surface area contributed by atoms with Gasteiger partial charge in [-0.1, -0.05) is 24.3 Å². The number of carbonyl (C=O) groups excluding carboxylic acids is 5. The fraction of sp³-hybridized carbons (Fsp3) is 0.500. The van der Waals surface area contributed by atoms with E-state index in [2.05, 4.69) is 16.0 Å². The van der Waals surface area contributed by atoms with Crippen molar-refractivity contribution in [2.75, 3.05) is 26.8 Å². The van der Waals surface area contributed by atoms with Crippen molar-refractivity contribution >= 4 is 35.0 Å². The molecule has 33 heavy (non-hydrogen) atoms. The zero-order valence-corrected chi connectivity index (χ0v) is 29.4. The summed E-state index contributed by atoms with van der Waals surface area (Å²) in [6, 6.07) is 6.55. The molecule has 1 N–H and O–H groups in total. The Morgan fingerprint density at radius 3 is 2.33 bits per heavy atom. The first kappa shape index (κ1) is 33.5. The minimum absolute atomic E-state index is 0. The normalized spacial score (nSPS) is 14.1. The van der Waals surface area contributed by atoms with Crippen LogP contribution in [0.1, 0.15) is 37.7 Å². The number of hydrogen-bond acceptors (Lipinski definition) is 6. The predicted molar refractivity (Wildman–Crippen MR) is 113 cm³/mol. The van der Waals surface area contributed by atoms with Crippen LogP contribution in [0.25, 0.3) is 10.6 Å². The molecule has 0 spiro atoms. The van der Waals surface area contributed by atoms with Crippen molar-refractivity contribution in [3.63, 3.8) is 0 Å². The summed E-state index contributed by atoms with van der Waals surface area (Å²) in [5, 5.41) is 10.1. The Bertz CT molecular complexity index is 817. The summed E-state index contributed by atoms with van der Waals surface area (Å²) in [6.45, 7) is 0.764. The Kier molecular flexibility index (Phi) is 19.1. The number of nitrogens with zero attached hydrogens (tertiary/aromatic N) is 2. The second-order valence-electron chi connectivity index (χ2n) is 7.21. The Balaban J connectivity index is 0.00000512. The van der Waals surface area contributed by atoms with Gasteiger partial charge in [0.25, 0.3) is 0 Å². The summed E-state index contributed by atoms with van der Waals surface area (Å²) >= 11 is 0. The number of Topliss-reactive ketones (excluding diaryl/α,β-unsaturated/α-hetero) is 2. The van der Waals surface area contributed by atoms with Crippen molar-refractivity contribution in [3.05, 3.63) is 40.5 Å². The fourth-order valence-corrected chi connectivity index (χ4v) is 2.93. The van der Waals surface area contributed by atoms with Gasteiger partial charge in [-0.15, -0.1) is 12.2 Å². The van der Waals surface area contributed by atoms with Crippen LogP contribution in [0.15, 0.2) is 24.3 Å². The van der Waals surface area contributed by atoms with E-state index in [1.165, 1.54) is 0 Å². The molecule has 0 bridgehead atoms. The molecule has 1 saturated carbocycles. The van der Waals surface area contributed by atoms with E-state index in [4.69, 9.17) is 4.74 Å². The largest absolute Gasteiger partial charge is 1.00 e. The van der Waals surface area contributed by atoms with Crippen LogP contribution in [0.5, 0.6) is 0 Å². The van der Waals surface area contributed by atoms with E-state index >= 15 is 0 Å². The van der Waals surface area contributed by atoms with Gasteiger partial charge < -0.3 is 30.3 Å². The molecule has 1 aliphatic carbocycles. The van der Waals surface area contributed by atoms with Gasteiger partial charge in [-0.3, -0.25) is 14.4 Å². The maximum Gasteiger partial charge on any atom is 1.00 e. The van der Waals surface area contributed by atoms with E-state index in [0.717, 1.165) is 5.56 Å². The van der Waals surface area contributed by atoms with Crippen molar-refractivity contribution in [1.29, 1.82) is 0 Å². The molecule has 168 valence electrons. The summed E-state index contributed by atoms with van der Waals surface area (Å²) < 4.78 is 5.27. The number of rotatable bonds is 13. The number of nitrogens with one attached hydrogen (secondary N) is 1. The number of carbonyl (C=O) groups is 5. The maximum absolute atomic E-state index is 12.0. The SMILES string of the molecule is CNC(=O)CCCOCC[N-]C(=O)CC(=O)[N-]c1ccc(CC(=O)C2CCC2=O)cc1.[Rb+].[Rb+]. The fourth-order valence-electron chi connectivity index (χ4n) is 2.93. The van der Waals surface area contributed by atoms with E-state index in [-0.39, 0.29) is 153 Å². The molecule has 0 aromatic heterocycles. The summed E-state index contributed by atoms with van der Waals surface area (Å²) in [6.07, 6.45) is 1.81. The van der Waals surface area contributed by atoms with Crippen molar-refractivity contribution in [2.24, 2.45) is 5.92 Å². The van der Waals surface area contributed by atoms with E-state index in [9.17, 15) is 24.0 Å². The average Bonchev–Trinajstić information content (AvgIpc) is 2.72. The molecule has 1 aliphatic rings. The van der Waals surface area contributed by atoms with Crippen LogP contribution < -0.4 is 122 Å². The Hall–Kier alpha value is 0.540. The Morgan fingerprint density at radius 1 is 1.06 bits per heavy atom. The third-order valence-corrected chi connectivity index (χ3v) is 4.82. The van der Waals surface area contributed by atoms with Crippen LogP contribution in [-0.2, 0) is 35.1 Å². The molecular formula is C22H27N3O6Rb2. The number of amides is 3. The molecule has 0 saturated heterocycles. The van der Waals surface area contributed by atoms with Gasteiger partial charge in [0.1, 0.15) is 11.6 Å². The predicted octanol–water partition coefficient (Wildman–Crippen LogP) is -3.85. The molecule has 1 aromatic carbocycles. The van der Waals surface area contributed by atoms with Gasteiger partial charge in [0.05, 0.1) is 17.7 Å². The number of ketones is 2. The zero-order chi connectivity index (χ0) is 22.6. The van der Waals surface area contributed by atoms with Gasteiger partial charge in [0, 0.05) is 45.9 Å². The molecule has 0 radical (unpaired) electrons. The molecule has 2 rings (SSSR count). The molecule has 3 amide bonds. The van der Waals surface area contributed by atoms with E-state index in [1.807, 2.05) is 0 Å². The summed E-state index contributed by atoms with van der Waals surface area (Å²) in [5.74, 6) is -1.78. The minimum atomic E-state index is -0.607. The second-order valence-corrected chi connectivity index (χ2v) is 7.21. The van der Waals surface area contributed by atoms with Crippen molar-refractivity contribution in [1.82, 2.24) is 5.32 Å². The molecule has 0 aliphatic heterocycles. The first-order valence-electron chi connectivity index (χ1n) is 10.3. The second kappa shape index (κ2) is 18.8. The Labute approximate surface area is 291 Å². The summed E-state index contributed by atoms with van der Waals surface area (Å²) in [5.41, 5.74) is 1.13. The van der Waals surface area contributed by atoms with Gasteiger partial charge in [-0.2, -0.15) is 0 Å². The smallest absolute Gasteiger partial charge is 0.651 e. The summed E-state index contributed by atoms with van der Waals surface area (Å²) in [7, 11) is 1.57.